The lowest BCUT2D eigenvalue weighted by Crippen LogP contribution is -2.40. The maximum atomic E-state index is 11.8. The summed E-state index contributed by atoms with van der Waals surface area (Å²) in [5.41, 5.74) is -0.435. The molecule has 1 aromatic rings. The Balaban J connectivity index is 2.54. The van der Waals surface area contributed by atoms with Crippen molar-refractivity contribution in [2.45, 2.75) is 59.2 Å². The van der Waals surface area contributed by atoms with Gasteiger partial charge in [-0.1, -0.05) is 0 Å². The highest BCUT2D eigenvalue weighted by Crippen LogP contribution is 2.22. The van der Waals surface area contributed by atoms with Gasteiger partial charge in [0, 0.05) is 15.8 Å². The zero-order valence-electron chi connectivity index (χ0n) is 12.0. The summed E-state index contributed by atoms with van der Waals surface area (Å²) in [6.45, 7) is 11.6. The fourth-order valence-electron chi connectivity index (χ4n) is 1.60. The lowest BCUT2D eigenvalue weighted by atomic mass is 10.2. The van der Waals surface area contributed by atoms with Crippen LogP contribution in [0.3, 0.4) is 0 Å². The second-order valence-corrected chi connectivity index (χ2v) is 6.91. The number of esters is 1. The van der Waals surface area contributed by atoms with Gasteiger partial charge in [0.05, 0.1) is 0 Å². The molecule has 0 saturated heterocycles. The topological polar surface area (TPSA) is 38.3 Å². The molecule has 0 saturated carbocycles. The Morgan fingerprint density at radius 3 is 2.39 bits per heavy atom. The smallest absolute Gasteiger partial charge is 0.323 e. The number of hydrogen-bond acceptors (Lipinski definition) is 4. The zero-order valence-corrected chi connectivity index (χ0v) is 12.9. The summed E-state index contributed by atoms with van der Waals surface area (Å²) < 4.78 is 5.34. The predicted molar refractivity (Wildman–Crippen MR) is 75.9 cm³/mol. The summed E-state index contributed by atoms with van der Waals surface area (Å²) in [5.74, 6) is -0.206. The summed E-state index contributed by atoms with van der Waals surface area (Å²) in [6, 6.07) is 4.04. The lowest BCUT2D eigenvalue weighted by molar-refractivity contribution is -0.157. The van der Waals surface area contributed by atoms with Crippen molar-refractivity contribution in [3.8, 4) is 0 Å². The molecule has 1 heterocycles. The number of carbonyl (C=O) groups is 1. The van der Waals surface area contributed by atoms with Crippen molar-refractivity contribution in [2.24, 2.45) is 0 Å². The van der Waals surface area contributed by atoms with Gasteiger partial charge in [-0.15, -0.1) is 11.3 Å². The van der Waals surface area contributed by atoms with Gasteiger partial charge in [-0.25, -0.2) is 0 Å². The van der Waals surface area contributed by atoms with E-state index >= 15 is 0 Å². The minimum atomic E-state index is -0.435. The lowest BCUT2D eigenvalue weighted by Gasteiger charge is -2.24. The molecule has 0 fully saturated rings. The first kappa shape index (κ1) is 15.2. The van der Waals surface area contributed by atoms with Crippen molar-refractivity contribution in [1.29, 1.82) is 0 Å². The number of aryl methyl sites for hydroxylation is 1. The molecule has 1 N–H and O–H groups in total. The Hall–Kier alpha value is -0.870. The fourth-order valence-corrected chi connectivity index (χ4v) is 2.49. The monoisotopic (exact) mass is 269 g/mol. The summed E-state index contributed by atoms with van der Waals surface area (Å²) >= 11 is 1.75. The molecule has 0 amide bonds. The molecule has 102 valence electrons. The van der Waals surface area contributed by atoms with E-state index in [1.54, 1.807) is 11.3 Å². The molecule has 18 heavy (non-hydrogen) atoms. The van der Waals surface area contributed by atoms with Crippen molar-refractivity contribution in [3.05, 3.63) is 21.9 Å². The quantitative estimate of drug-likeness (QED) is 0.851. The van der Waals surface area contributed by atoms with Crippen LogP contribution in [0, 0.1) is 6.92 Å². The number of rotatable bonds is 4. The number of ether oxygens (including phenoxy) is 1. The average molecular weight is 269 g/mol. The van der Waals surface area contributed by atoms with E-state index in [1.165, 1.54) is 9.75 Å². The Labute approximate surface area is 114 Å². The van der Waals surface area contributed by atoms with Crippen LogP contribution in [0.15, 0.2) is 12.1 Å². The van der Waals surface area contributed by atoms with Crippen LogP contribution in [0.25, 0.3) is 0 Å². The van der Waals surface area contributed by atoms with E-state index in [0.29, 0.717) is 0 Å². The van der Waals surface area contributed by atoms with Gasteiger partial charge in [0.25, 0.3) is 0 Å². The van der Waals surface area contributed by atoms with Crippen molar-refractivity contribution in [3.63, 3.8) is 0 Å². The van der Waals surface area contributed by atoms with Crippen molar-refractivity contribution in [1.82, 2.24) is 5.32 Å². The normalized spacial score (nSPS) is 15.2. The van der Waals surface area contributed by atoms with E-state index in [1.807, 2.05) is 27.7 Å². The summed E-state index contributed by atoms with van der Waals surface area (Å²) in [7, 11) is 0. The Morgan fingerprint density at radius 2 is 1.94 bits per heavy atom. The van der Waals surface area contributed by atoms with Crippen molar-refractivity contribution >= 4 is 17.3 Å². The van der Waals surface area contributed by atoms with Gasteiger partial charge in [-0.05, 0) is 53.7 Å². The SMILES string of the molecule is Cc1ccc(C(C)NC(C)C(=O)OC(C)(C)C)s1. The molecule has 1 rings (SSSR count). The second-order valence-electron chi connectivity index (χ2n) is 5.59. The van der Waals surface area contributed by atoms with Crippen LogP contribution in [0.2, 0.25) is 0 Å². The molecule has 0 aliphatic carbocycles. The summed E-state index contributed by atoms with van der Waals surface area (Å²) in [6.07, 6.45) is 0. The molecule has 2 unspecified atom stereocenters. The first-order valence-electron chi connectivity index (χ1n) is 6.24. The molecule has 1 aromatic heterocycles. The van der Waals surface area contributed by atoms with Crippen LogP contribution in [-0.4, -0.2) is 17.6 Å². The van der Waals surface area contributed by atoms with E-state index in [9.17, 15) is 4.79 Å². The van der Waals surface area contributed by atoms with E-state index < -0.39 is 5.60 Å². The fraction of sp³-hybridized carbons (Fsp3) is 0.643. The number of nitrogens with one attached hydrogen (secondary N) is 1. The Morgan fingerprint density at radius 1 is 1.33 bits per heavy atom. The van der Waals surface area contributed by atoms with Crippen molar-refractivity contribution < 1.29 is 9.53 Å². The number of thiophene rings is 1. The Bertz CT molecular complexity index is 406. The van der Waals surface area contributed by atoms with Gasteiger partial charge in [-0.3, -0.25) is 10.1 Å². The molecule has 4 heteroatoms. The zero-order chi connectivity index (χ0) is 13.9. The Kier molecular flexibility index (Phi) is 4.93. The third kappa shape index (κ3) is 4.78. The highest BCUT2D eigenvalue weighted by atomic mass is 32.1. The standard InChI is InChI=1S/C14H23NO2S/c1-9-7-8-12(18-9)10(2)15-11(3)13(16)17-14(4,5)6/h7-8,10-11,15H,1-6H3. The highest BCUT2D eigenvalue weighted by Gasteiger charge is 2.23. The molecule has 3 nitrogen and oxygen atoms in total. The van der Waals surface area contributed by atoms with Gasteiger partial charge in [0.15, 0.2) is 0 Å². The highest BCUT2D eigenvalue weighted by molar-refractivity contribution is 7.12. The molecule has 0 bridgehead atoms. The van der Waals surface area contributed by atoms with Crippen LogP contribution >= 0.6 is 11.3 Å². The van der Waals surface area contributed by atoms with E-state index in [2.05, 4.69) is 31.3 Å². The van der Waals surface area contributed by atoms with Crippen LogP contribution in [0.4, 0.5) is 0 Å². The third-order valence-electron chi connectivity index (χ3n) is 2.45. The average Bonchev–Trinajstić information content (AvgIpc) is 2.62. The van der Waals surface area contributed by atoms with Crippen molar-refractivity contribution in [2.75, 3.05) is 0 Å². The molecule has 0 radical (unpaired) electrons. The summed E-state index contributed by atoms with van der Waals surface area (Å²) in [5, 5.41) is 3.27. The van der Waals surface area contributed by atoms with Gasteiger partial charge in [0.1, 0.15) is 11.6 Å². The summed E-state index contributed by atoms with van der Waals surface area (Å²) in [4.78, 5) is 14.4. The third-order valence-corrected chi connectivity index (χ3v) is 3.63. The number of hydrogen-bond donors (Lipinski definition) is 1. The van der Waals surface area contributed by atoms with Gasteiger partial charge in [0.2, 0.25) is 0 Å². The largest absolute Gasteiger partial charge is 0.459 e. The van der Waals surface area contributed by atoms with Gasteiger partial charge in [-0.2, -0.15) is 0 Å². The van der Waals surface area contributed by atoms with Crippen LogP contribution in [0.1, 0.15) is 50.4 Å². The molecule has 0 aliphatic heterocycles. The maximum absolute atomic E-state index is 11.8. The second kappa shape index (κ2) is 5.85. The van der Waals surface area contributed by atoms with E-state index in [-0.39, 0.29) is 18.1 Å². The first-order valence-corrected chi connectivity index (χ1v) is 7.06. The first-order chi connectivity index (χ1) is 8.19. The van der Waals surface area contributed by atoms with Gasteiger partial charge < -0.3 is 4.74 Å². The number of carbonyl (C=O) groups excluding carboxylic acids is 1. The van der Waals surface area contributed by atoms with Gasteiger partial charge >= 0.3 is 5.97 Å². The molecular formula is C14H23NO2S. The van der Waals surface area contributed by atoms with Crippen LogP contribution in [0.5, 0.6) is 0 Å². The molecule has 0 spiro atoms. The minimum absolute atomic E-state index is 0.159. The minimum Gasteiger partial charge on any atom is -0.459 e. The van der Waals surface area contributed by atoms with Crippen LogP contribution in [-0.2, 0) is 9.53 Å². The molecular weight excluding hydrogens is 246 g/mol. The predicted octanol–water partition coefficient (Wildman–Crippen LogP) is 3.44. The van der Waals surface area contributed by atoms with E-state index in [0.717, 1.165) is 0 Å². The van der Waals surface area contributed by atoms with Crippen LogP contribution < -0.4 is 5.32 Å². The molecule has 0 aromatic carbocycles. The molecule has 2 atom stereocenters. The van der Waals surface area contributed by atoms with E-state index in [4.69, 9.17) is 4.74 Å². The molecule has 0 aliphatic rings. The maximum Gasteiger partial charge on any atom is 0.323 e.